The molecule has 0 spiro atoms. The van der Waals surface area contributed by atoms with Gasteiger partial charge in [-0.25, -0.2) is 4.98 Å². The average molecular weight is 299 g/mol. The minimum atomic E-state index is -0.169. The van der Waals surface area contributed by atoms with Crippen molar-refractivity contribution in [1.82, 2.24) is 14.8 Å². The first kappa shape index (κ1) is 14.6. The lowest BCUT2D eigenvalue weighted by atomic mass is 10.1. The first-order chi connectivity index (χ1) is 10.7. The number of rotatable bonds is 5. The second kappa shape index (κ2) is 6.60. The third-order valence-corrected chi connectivity index (χ3v) is 3.96. The Morgan fingerprint density at radius 2 is 2.18 bits per heavy atom. The summed E-state index contributed by atoms with van der Waals surface area (Å²) in [5, 5.41) is 7.02. The predicted molar refractivity (Wildman–Crippen MR) is 85.7 cm³/mol. The number of nitrogens with one attached hydrogen (secondary N) is 1. The summed E-state index contributed by atoms with van der Waals surface area (Å²) in [5.74, 6) is -0.175. The van der Waals surface area contributed by atoms with Gasteiger partial charge in [0.2, 0.25) is 5.91 Å². The Hall–Kier alpha value is -2.37. The Morgan fingerprint density at radius 3 is 2.91 bits per heavy atom. The van der Waals surface area contributed by atoms with E-state index < -0.39 is 0 Å². The van der Waals surface area contributed by atoms with Crippen molar-refractivity contribution in [2.75, 3.05) is 23.3 Å². The minimum absolute atomic E-state index is 0.00549. The van der Waals surface area contributed by atoms with E-state index in [1.165, 1.54) is 24.9 Å². The highest BCUT2D eigenvalue weighted by Crippen LogP contribution is 2.23. The van der Waals surface area contributed by atoms with Gasteiger partial charge in [0.05, 0.1) is 12.5 Å². The Morgan fingerprint density at radius 1 is 1.36 bits per heavy atom. The van der Waals surface area contributed by atoms with Gasteiger partial charge in [0.1, 0.15) is 12.7 Å². The Bertz CT molecular complexity index is 619. The molecule has 1 atom stereocenters. The zero-order valence-corrected chi connectivity index (χ0v) is 12.8. The lowest BCUT2D eigenvalue weighted by molar-refractivity contribution is -0.119. The largest absolute Gasteiger partial charge is 0.371 e. The van der Waals surface area contributed by atoms with Crippen LogP contribution in [0.3, 0.4) is 0 Å². The summed E-state index contributed by atoms with van der Waals surface area (Å²) >= 11 is 0. The fourth-order valence-corrected chi connectivity index (χ4v) is 2.71. The molecule has 1 aliphatic rings. The molecule has 6 nitrogen and oxygen atoms in total. The molecule has 1 aromatic carbocycles. The second-order valence-corrected chi connectivity index (χ2v) is 5.75. The van der Waals surface area contributed by atoms with Gasteiger partial charge < -0.3 is 10.2 Å². The van der Waals surface area contributed by atoms with Crippen LogP contribution in [0.1, 0.15) is 19.8 Å². The van der Waals surface area contributed by atoms with E-state index in [4.69, 9.17) is 0 Å². The molecule has 0 saturated carbocycles. The molecule has 2 aromatic rings. The third kappa shape index (κ3) is 3.44. The van der Waals surface area contributed by atoms with Gasteiger partial charge in [0.25, 0.3) is 0 Å². The maximum Gasteiger partial charge on any atom is 0.229 e. The number of nitrogens with zero attached hydrogens (tertiary/aromatic N) is 4. The molecule has 1 N–H and O–H groups in total. The van der Waals surface area contributed by atoms with Gasteiger partial charge in [-0.05, 0) is 31.0 Å². The van der Waals surface area contributed by atoms with E-state index >= 15 is 0 Å². The summed E-state index contributed by atoms with van der Waals surface area (Å²) < 4.78 is 1.67. The Labute approximate surface area is 130 Å². The highest BCUT2D eigenvalue weighted by Gasteiger charge is 2.16. The van der Waals surface area contributed by atoms with Crippen molar-refractivity contribution in [3.05, 3.63) is 36.9 Å². The lowest BCUT2D eigenvalue weighted by Gasteiger charge is -2.19. The van der Waals surface area contributed by atoms with E-state index in [-0.39, 0.29) is 11.8 Å². The van der Waals surface area contributed by atoms with Crippen molar-refractivity contribution in [2.45, 2.75) is 26.3 Å². The topological polar surface area (TPSA) is 63.1 Å². The van der Waals surface area contributed by atoms with E-state index in [1.54, 1.807) is 11.0 Å². The van der Waals surface area contributed by atoms with Crippen molar-refractivity contribution in [2.24, 2.45) is 5.92 Å². The lowest BCUT2D eigenvalue weighted by Crippen LogP contribution is -2.25. The van der Waals surface area contributed by atoms with Crippen molar-refractivity contribution in [3.8, 4) is 0 Å². The molecule has 1 saturated heterocycles. The summed E-state index contributed by atoms with van der Waals surface area (Å²) in [6, 6.07) is 8.07. The normalized spacial score (nSPS) is 15.8. The number of hydrogen-bond acceptors (Lipinski definition) is 4. The van der Waals surface area contributed by atoms with Crippen LogP contribution in [-0.4, -0.2) is 33.8 Å². The van der Waals surface area contributed by atoms with Crippen LogP contribution in [0.15, 0.2) is 36.9 Å². The average Bonchev–Trinajstić information content (AvgIpc) is 3.21. The molecule has 22 heavy (non-hydrogen) atoms. The van der Waals surface area contributed by atoms with Crippen LogP contribution in [0.5, 0.6) is 0 Å². The molecule has 0 aliphatic carbocycles. The maximum absolute atomic E-state index is 12.3. The van der Waals surface area contributed by atoms with Crippen LogP contribution >= 0.6 is 0 Å². The Balaban J connectivity index is 1.62. The highest BCUT2D eigenvalue weighted by atomic mass is 16.1. The van der Waals surface area contributed by atoms with Gasteiger partial charge >= 0.3 is 0 Å². The molecular formula is C16H21N5O. The van der Waals surface area contributed by atoms with Crippen LogP contribution in [-0.2, 0) is 11.3 Å². The zero-order chi connectivity index (χ0) is 15.4. The molecule has 6 heteroatoms. The molecule has 1 unspecified atom stereocenters. The van der Waals surface area contributed by atoms with Gasteiger partial charge in [0.15, 0.2) is 0 Å². The van der Waals surface area contributed by atoms with Gasteiger partial charge in [-0.2, -0.15) is 5.10 Å². The summed E-state index contributed by atoms with van der Waals surface area (Å²) in [6.45, 7) is 4.61. The number of carbonyl (C=O) groups is 1. The minimum Gasteiger partial charge on any atom is -0.371 e. The summed E-state index contributed by atoms with van der Waals surface area (Å²) in [5.41, 5.74) is 2.03. The maximum atomic E-state index is 12.3. The number of amides is 1. The smallest absolute Gasteiger partial charge is 0.229 e. The molecule has 3 rings (SSSR count). The summed E-state index contributed by atoms with van der Waals surface area (Å²) in [4.78, 5) is 18.5. The van der Waals surface area contributed by atoms with E-state index in [0.717, 1.165) is 18.8 Å². The first-order valence-corrected chi connectivity index (χ1v) is 7.70. The molecule has 2 heterocycles. The summed E-state index contributed by atoms with van der Waals surface area (Å²) in [7, 11) is 0. The quantitative estimate of drug-likeness (QED) is 0.919. The van der Waals surface area contributed by atoms with E-state index in [0.29, 0.717) is 6.54 Å². The van der Waals surface area contributed by atoms with E-state index in [2.05, 4.69) is 26.4 Å². The fraction of sp³-hybridized carbons (Fsp3) is 0.438. The number of aromatic nitrogens is 3. The molecule has 0 radical (unpaired) electrons. The van der Waals surface area contributed by atoms with E-state index in [9.17, 15) is 4.79 Å². The fourth-order valence-electron chi connectivity index (χ4n) is 2.71. The molecular weight excluding hydrogens is 278 g/mol. The van der Waals surface area contributed by atoms with Crippen LogP contribution in [0.25, 0.3) is 0 Å². The first-order valence-electron chi connectivity index (χ1n) is 7.70. The molecule has 1 aliphatic heterocycles. The van der Waals surface area contributed by atoms with E-state index in [1.807, 2.05) is 25.1 Å². The van der Waals surface area contributed by atoms with Crippen molar-refractivity contribution < 1.29 is 4.79 Å². The monoisotopic (exact) mass is 299 g/mol. The van der Waals surface area contributed by atoms with Crippen molar-refractivity contribution in [1.29, 1.82) is 0 Å². The van der Waals surface area contributed by atoms with Crippen molar-refractivity contribution >= 4 is 17.3 Å². The molecule has 0 bridgehead atoms. The van der Waals surface area contributed by atoms with Crippen LogP contribution in [0.4, 0.5) is 11.4 Å². The molecule has 116 valence electrons. The SMILES string of the molecule is CC(Cn1cncn1)C(=O)Nc1cccc(N2CCCC2)c1. The van der Waals surface area contributed by atoms with Crippen LogP contribution in [0, 0.1) is 5.92 Å². The van der Waals surface area contributed by atoms with Gasteiger partial charge in [-0.15, -0.1) is 0 Å². The van der Waals surface area contributed by atoms with Crippen molar-refractivity contribution in [3.63, 3.8) is 0 Å². The van der Waals surface area contributed by atoms with Gasteiger partial charge in [0, 0.05) is 24.5 Å². The molecule has 1 amide bonds. The predicted octanol–water partition coefficient (Wildman–Crippen LogP) is 2.15. The third-order valence-electron chi connectivity index (χ3n) is 3.96. The number of anilines is 2. The number of hydrogen-bond donors (Lipinski definition) is 1. The molecule has 1 aromatic heterocycles. The number of benzene rings is 1. The van der Waals surface area contributed by atoms with Crippen LogP contribution < -0.4 is 10.2 Å². The van der Waals surface area contributed by atoms with Gasteiger partial charge in [-0.1, -0.05) is 13.0 Å². The Kier molecular flexibility index (Phi) is 4.37. The van der Waals surface area contributed by atoms with Crippen LogP contribution in [0.2, 0.25) is 0 Å². The summed E-state index contributed by atoms with van der Waals surface area (Å²) in [6.07, 6.45) is 5.58. The zero-order valence-electron chi connectivity index (χ0n) is 12.8. The second-order valence-electron chi connectivity index (χ2n) is 5.75. The number of carbonyl (C=O) groups excluding carboxylic acids is 1. The standard InChI is InChI=1S/C16H21N5O/c1-13(10-21-12-17-11-18-21)16(22)19-14-5-4-6-15(9-14)20-7-2-3-8-20/h4-6,9,11-13H,2-3,7-8,10H2,1H3,(H,19,22). The highest BCUT2D eigenvalue weighted by molar-refractivity contribution is 5.92. The molecule has 1 fully saturated rings. The van der Waals surface area contributed by atoms with Gasteiger partial charge in [-0.3, -0.25) is 9.48 Å².